The number of aromatic nitrogens is 2. The molecule has 7 nitrogen and oxygen atoms in total. The Kier molecular flexibility index (Phi) is 5.79. The number of hydrogen-bond donors (Lipinski definition) is 1. The summed E-state index contributed by atoms with van der Waals surface area (Å²) < 4.78 is 30.5. The molecule has 2 aromatic carbocycles. The Morgan fingerprint density at radius 3 is 2.74 bits per heavy atom. The largest absolute Gasteiger partial charge is 0.496 e. The molecule has 0 saturated carbocycles. The Morgan fingerprint density at radius 2 is 1.94 bits per heavy atom. The van der Waals surface area contributed by atoms with Gasteiger partial charge in [-0.25, -0.2) is 9.37 Å². The van der Waals surface area contributed by atoms with Crippen molar-refractivity contribution in [3.8, 4) is 17.2 Å². The number of nitrogens with zero attached hydrogens (tertiary/aromatic N) is 2. The van der Waals surface area contributed by atoms with Crippen LogP contribution in [0.1, 0.15) is 21.9 Å². The van der Waals surface area contributed by atoms with E-state index in [4.69, 9.17) is 13.9 Å². The number of amides is 1. The third-order valence-electron chi connectivity index (χ3n) is 4.68. The van der Waals surface area contributed by atoms with Crippen molar-refractivity contribution >= 4 is 17.0 Å². The summed E-state index contributed by atoms with van der Waals surface area (Å²) in [4.78, 5) is 20.2. The summed E-state index contributed by atoms with van der Waals surface area (Å²) in [6.45, 7) is 0. The molecule has 0 aliphatic carbocycles. The normalized spacial score (nSPS) is 10.8. The van der Waals surface area contributed by atoms with Crippen molar-refractivity contribution < 1.29 is 23.1 Å². The van der Waals surface area contributed by atoms with Gasteiger partial charge in [0.1, 0.15) is 34.3 Å². The molecular formula is C23H20FN3O4. The van der Waals surface area contributed by atoms with Gasteiger partial charge in [0.15, 0.2) is 11.5 Å². The number of methoxy groups -OCH3 is 1. The highest BCUT2D eigenvalue weighted by Crippen LogP contribution is 2.27. The smallest absolute Gasteiger partial charge is 0.269 e. The zero-order valence-electron chi connectivity index (χ0n) is 17.0. The molecule has 0 saturated heterocycles. The molecule has 4 aromatic rings. The van der Waals surface area contributed by atoms with Gasteiger partial charge in [-0.1, -0.05) is 0 Å². The fourth-order valence-corrected chi connectivity index (χ4v) is 3.17. The molecule has 0 fully saturated rings. The second-order valence-corrected chi connectivity index (χ2v) is 6.75. The number of fused-ring (bicyclic) bond motifs is 1. The Bertz CT molecular complexity index is 1240. The van der Waals surface area contributed by atoms with E-state index in [1.165, 1.54) is 25.4 Å². The van der Waals surface area contributed by atoms with Crippen LogP contribution in [0, 0.1) is 5.82 Å². The summed E-state index contributed by atoms with van der Waals surface area (Å²) in [5.41, 5.74) is 2.27. The highest BCUT2D eigenvalue weighted by Gasteiger charge is 2.12. The lowest BCUT2D eigenvalue weighted by Gasteiger charge is -2.07. The van der Waals surface area contributed by atoms with Gasteiger partial charge in [-0.15, -0.1) is 0 Å². The predicted molar refractivity (Wildman–Crippen MR) is 112 cm³/mol. The van der Waals surface area contributed by atoms with Crippen LogP contribution < -0.4 is 14.8 Å². The second-order valence-electron chi connectivity index (χ2n) is 6.75. The molecule has 1 N–H and O–H groups in total. The molecule has 1 amide bonds. The van der Waals surface area contributed by atoms with Crippen LogP contribution in [0.5, 0.6) is 17.2 Å². The van der Waals surface area contributed by atoms with E-state index < -0.39 is 0 Å². The molecule has 0 bridgehead atoms. The molecule has 0 aliphatic heterocycles. The average molecular weight is 421 g/mol. The number of nitrogens with one attached hydrogen (secondary N) is 1. The summed E-state index contributed by atoms with van der Waals surface area (Å²) >= 11 is 0. The Balaban J connectivity index is 1.50. The van der Waals surface area contributed by atoms with Gasteiger partial charge in [0.25, 0.3) is 5.91 Å². The number of benzene rings is 2. The first kappa shape index (κ1) is 20.3. The van der Waals surface area contributed by atoms with Crippen molar-refractivity contribution in [3.05, 3.63) is 77.7 Å². The van der Waals surface area contributed by atoms with Crippen LogP contribution in [0.4, 0.5) is 4.39 Å². The van der Waals surface area contributed by atoms with Crippen LogP contribution in [0.3, 0.4) is 0 Å². The lowest BCUT2D eigenvalue weighted by atomic mass is 10.1. The van der Waals surface area contributed by atoms with Gasteiger partial charge in [-0.05, 0) is 48.4 Å². The minimum Gasteiger partial charge on any atom is -0.496 e. The van der Waals surface area contributed by atoms with Crippen LogP contribution >= 0.6 is 0 Å². The Morgan fingerprint density at radius 1 is 1.10 bits per heavy atom. The van der Waals surface area contributed by atoms with Crippen LogP contribution in [-0.4, -0.2) is 30.0 Å². The number of carbonyl (C=O) groups is 1. The number of aryl methyl sites for hydroxylation is 2. The van der Waals surface area contributed by atoms with Crippen LogP contribution in [0.25, 0.3) is 11.1 Å². The van der Waals surface area contributed by atoms with E-state index in [0.29, 0.717) is 47.1 Å². The van der Waals surface area contributed by atoms with Crippen molar-refractivity contribution in [2.75, 3.05) is 14.2 Å². The molecular weight excluding hydrogens is 401 g/mol. The molecule has 2 heterocycles. The first-order valence-corrected chi connectivity index (χ1v) is 9.63. The molecule has 31 heavy (non-hydrogen) atoms. The van der Waals surface area contributed by atoms with Gasteiger partial charge in [0, 0.05) is 31.8 Å². The van der Waals surface area contributed by atoms with Crippen molar-refractivity contribution in [1.82, 2.24) is 15.3 Å². The minimum atomic E-state index is -0.314. The van der Waals surface area contributed by atoms with Gasteiger partial charge in [-0.2, -0.15) is 0 Å². The summed E-state index contributed by atoms with van der Waals surface area (Å²) in [6, 6.07) is 12.9. The molecule has 158 valence electrons. The highest BCUT2D eigenvalue weighted by atomic mass is 19.1. The fourth-order valence-electron chi connectivity index (χ4n) is 3.17. The lowest BCUT2D eigenvalue weighted by Crippen LogP contribution is -2.18. The second kappa shape index (κ2) is 8.83. The van der Waals surface area contributed by atoms with E-state index in [9.17, 15) is 9.18 Å². The number of pyridine rings is 1. The van der Waals surface area contributed by atoms with Gasteiger partial charge in [0.2, 0.25) is 0 Å². The fraction of sp³-hybridized carbons (Fsp3) is 0.174. The van der Waals surface area contributed by atoms with E-state index in [0.717, 1.165) is 5.56 Å². The maximum absolute atomic E-state index is 13.6. The first-order chi connectivity index (χ1) is 15.1. The summed E-state index contributed by atoms with van der Waals surface area (Å²) in [6.07, 6.45) is 2.52. The standard InChI is InChI=1S/C23H20FN3O4/c1-25-23(28)19-12-17(9-10-26-19)30-16-5-6-18-21(13-16)31-22(27-18)8-3-14-11-15(24)4-7-20(14)29-2/h4-7,9-13H,3,8H2,1-2H3,(H,25,28). The van der Waals surface area contributed by atoms with Crippen LogP contribution in [0.2, 0.25) is 0 Å². The van der Waals surface area contributed by atoms with Crippen molar-refractivity contribution in [1.29, 1.82) is 0 Å². The van der Waals surface area contributed by atoms with E-state index in [1.54, 1.807) is 43.5 Å². The molecule has 0 spiro atoms. The average Bonchev–Trinajstić information content (AvgIpc) is 3.19. The molecule has 0 unspecified atom stereocenters. The number of carbonyl (C=O) groups excluding carboxylic acids is 1. The molecule has 0 atom stereocenters. The molecule has 0 aliphatic rings. The monoisotopic (exact) mass is 421 g/mol. The molecule has 8 heteroatoms. The summed E-state index contributed by atoms with van der Waals surface area (Å²) in [7, 11) is 3.09. The highest BCUT2D eigenvalue weighted by molar-refractivity contribution is 5.92. The number of hydrogen-bond acceptors (Lipinski definition) is 6. The topological polar surface area (TPSA) is 86.5 Å². The molecule has 2 aromatic heterocycles. The predicted octanol–water partition coefficient (Wildman–Crippen LogP) is 4.31. The number of rotatable bonds is 7. The third kappa shape index (κ3) is 4.63. The van der Waals surface area contributed by atoms with E-state index in [-0.39, 0.29) is 17.4 Å². The number of ether oxygens (including phenoxy) is 2. The third-order valence-corrected chi connectivity index (χ3v) is 4.68. The number of halogens is 1. The quantitative estimate of drug-likeness (QED) is 0.479. The van der Waals surface area contributed by atoms with Crippen molar-refractivity contribution in [2.45, 2.75) is 12.8 Å². The summed E-state index contributed by atoms with van der Waals surface area (Å²) in [5, 5.41) is 2.52. The maximum Gasteiger partial charge on any atom is 0.269 e. The van der Waals surface area contributed by atoms with Gasteiger partial charge in [0.05, 0.1) is 7.11 Å². The Labute approximate surface area is 177 Å². The van der Waals surface area contributed by atoms with Crippen molar-refractivity contribution in [3.63, 3.8) is 0 Å². The number of oxazole rings is 1. The van der Waals surface area contributed by atoms with Crippen LogP contribution in [0.15, 0.2) is 59.1 Å². The van der Waals surface area contributed by atoms with E-state index in [2.05, 4.69) is 15.3 Å². The summed E-state index contributed by atoms with van der Waals surface area (Å²) in [5.74, 6) is 1.56. The van der Waals surface area contributed by atoms with E-state index in [1.807, 2.05) is 0 Å². The Hall–Kier alpha value is -3.94. The zero-order chi connectivity index (χ0) is 21.8. The molecule has 4 rings (SSSR count). The SMILES string of the molecule is CNC(=O)c1cc(Oc2ccc3nc(CCc4cc(F)ccc4OC)oc3c2)ccn1. The van der Waals surface area contributed by atoms with E-state index >= 15 is 0 Å². The lowest BCUT2D eigenvalue weighted by molar-refractivity contribution is 0.0958. The molecule has 0 radical (unpaired) electrons. The van der Waals surface area contributed by atoms with Crippen LogP contribution in [-0.2, 0) is 12.8 Å². The maximum atomic E-state index is 13.6. The van der Waals surface area contributed by atoms with Gasteiger partial charge < -0.3 is 19.2 Å². The first-order valence-electron chi connectivity index (χ1n) is 9.63. The van der Waals surface area contributed by atoms with Crippen molar-refractivity contribution in [2.24, 2.45) is 0 Å². The zero-order valence-corrected chi connectivity index (χ0v) is 17.0. The van der Waals surface area contributed by atoms with Gasteiger partial charge >= 0.3 is 0 Å². The van der Waals surface area contributed by atoms with Gasteiger partial charge in [-0.3, -0.25) is 9.78 Å². The minimum absolute atomic E-state index is 0.260.